The van der Waals surface area contributed by atoms with E-state index in [1.165, 1.54) is 0 Å². The number of amides is 1. The van der Waals surface area contributed by atoms with Crippen LogP contribution >= 0.6 is 11.6 Å². The van der Waals surface area contributed by atoms with Crippen molar-refractivity contribution in [2.24, 2.45) is 0 Å². The summed E-state index contributed by atoms with van der Waals surface area (Å²) < 4.78 is 1.64. The van der Waals surface area contributed by atoms with Gasteiger partial charge in [0.1, 0.15) is 5.82 Å². The fraction of sp³-hybridized carbons (Fsp3) is 0.0455. The molecule has 0 saturated heterocycles. The molecule has 4 aromatic rings. The number of benzene rings is 2. The second kappa shape index (κ2) is 8.16. The SMILES string of the molecule is Nc1cc(-c2ccc(Cl)cc2)nn1-c1ccc(C(=O)NCc2ccncc2)cc1. The summed E-state index contributed by atoms with van der Waals surface area (Å²) >= 11 is 5.94. The molecule has 0 aliphatic rings. The Morgan fingerprint density at radius 1 is 1.00 bits per heavy atom. The summed E-state index contributed by atoms with van der Waals surface area (Å²) in [6.45, 7) is 0.444. The molecule has 2 heterocycles. The van der Waals surface area contributed by atoms with E-state index in [0.717, 1.165) is 22.5 Å². The molecule has 0 aliphatic carbocycles. The van der Waals surface area contributed by atoms with Crippen molar-refractivity contribution in [1.29, 1.82) is 0 Å². The number of nitrogen functional groups attached to an aromatic ring is 1. The number of halogens is 1. The molecule has 3 N–H and O–H groups in total. The minimum absolute atomic E-state index is 0.149. The highest BCUT2D eigenvalue weighted by atomic mass is 35.5. The second-order valence-electron chi connectivity index (χ2n) is 6.46. The van der Waals surface area contributed by atoms with Gasteiger partial charge in [-0.1, -0.05) is 23.7 Å². The Bertz CT molecular complexity index is 1120. The Morgan fingerprint density at radius 2 is 1.69 bits per heavy atom. The summed E-state index contributed by atoms with van der Waals surface area (Å²) in [4.78, 5) is 16.3. The van der Waals surface area contributed by atoms with E-state index < -0.39 is 0 Å². The van der Waals surface area contributed by atoms with Crippen molar-refractivity contribution in [2.45, 2.75) is 6.54 Å². The molecular formula is C22H18ClN5O. The largest absolute Gasteiger partial charge is 0.384 e. The van der Waals surface area contributed by atoms with Gasteiger partial charge in [-0.25, -0.2) is 4.68 Å². The molecule has 144 valence electrons. The van der Waals surface area contributed by atoms with E-state index in [2.05, 4.69) is 15.4 Å². The number of anilines is 1. The summed E-state index contributed by atoms with van der Waals surface area (Å²) in [5.41, 5.74) is 10.1. The Kier molecular flexibility index (Phi) is 5.27. The molecule has 0 spiro atoms. The third-order valence-electron chi connectivity index (χ3n) is 4.45. The first-order chi connectivity index (χ1) is 14.1. The maximum Gasteiger partial charge on any atom is 0.251 e. The highest BCUT2D eigenvalue weighted by molar-refractivity contribution is 6.30. The smallest absolute Gasteiger partial charge is 0.251 e. The number of pyridine rings is 1. The molecule has 0 aliphatic heterocycles. The van der Waals surface area contributed by atoms with Gasteiger partial charge in [-0.3, -0.25) is 9.78 Å². The van der Waals surface area contributed by atoms with Crippen molar-refractivity contribution < 1.29 is 4.79 Å². The lowest BCUT2D eigenvalue weighted by atomic mass is 10.1. The lowest BCUT2D eigenvalue weighted by Crippen LogP contribution is -2.22. The maximum absolute atomic E-state index is 12.4. The van der Waals surface area contributed by atoms with Crippen molar-refractivity contribution in [3.05, 3.63) is 95.3 Å². The van der Waals surface area contributed by atoms with Gasteiger partial charge in [0.05, 0.1) is 11.4 Å². The number of hydrogen-bond donors (Lipinski definition) is 2. The van der Waals surface area contributed by atoms with E-state index in [9.17, 15) is 4.79 Å². The number of nitrogens with two attached hydrogens (primary N) is 1. The molecule has 0 bridgehead atoms. The third kappa shape index (κ3) is 4.28. The van der Waals surface area contributed by atoms with Crippen LogP contribution in [0, 0.1) is 0 Å². The number of nitrogens with zero attached hydrogens (tertiary/aromatic N) is 3. The van der Waals surface area contributed by atoms with Gasteiger partial charge in [0, 0.05) is 41.2 Å². The van der Waals surface area contributed by atoms with Crippen LogP contribution in [0.25, 0.3) is 16.9 Å². The molecular weight excluding hydrogens is 386 g/mol. The standard InChI is InChI=1S/C22H18ClN5O/c23-18-5-1-16(2-6-18)20-13-21(24)28(27-20)19-7-3-17(4-8-19)22(29)26-14-15-9-11-25-12-10-15/h1-13H,14,24H2,(H,26,29). The average molecular weight is 404 g/mol. The molecule has 0 saturated carbocycles. The minimum atomic E-state index is -0.149. The lowest BCUT2D eigenvalue weighted by molar-refractivity contribution is 0.0951. The third-order valence-corrected chi connectivity index (χ3v) is 4.71. The van der Waals surface area contributed by atoms with Gasteiger partial charge >= 0.3 is 0 Å². The Labute approximate surface area is 173 Å². The average Bonchev–Trinajstić information content (AvgIpc) is 3.15. The summed E-state index contributed by atoms with van der Waals surface area (Å²) in [7, 11) is 0. The highest BCUT2D eigenvalue weighted by Crippen LogP contribution is 2.24. The second-order valence-corrected chi connectivity index (χ2v) is 6.89. The molecule has 7 heteroatoms. The van der Waals surface area contributed by atoms with Gasteiger partial charge < -0.3 is 11.1 Å². The maximum atomic E-state index is 12.4. The summed E-state index contributed by atoms with van der Waals surface area (Å²) in [6, 6.07) is 20.1. The summed E-state index contributed by atoms with van der Waals surface area (Å²) in [6.07, 6.45) is 3.39. The van der Waals surface area contributed by atoms with Crippen LogP contribution in [0.15, 0.2) is 79.1 Å². The monoisotopic (exact) mass is 403 g/mol. The van der Waals surface area contributed by atoms with Gasteiger partial charge in [-0.2, -0.15) is 5.10 Å². The van der Waals surface area contributed by atoms with Gasteiger partial charge in [0.2, 0.25) is 0 Å². The van der Waals surface area contributed by atoms with Crippen molar-refractivity contribution >= 4 is 23.3 Å². The van der Waals surface area contributed by atoms with Crippen molar-refractivity contribution in [3.8, 4) is 16.9 Å². The molecule has 1 amide bonds. The van der Waals surface area contributed by atoms with E-state index in [-0.39, 0.29) is 5.91 Å². The van der Waals surface area contributed by atoms with Crippen molar-refractivity contribution in [1.82, 2.24) is 20.1 Å². The molecule has 0 atom stereocenters. The molecule has 0 radical (unpaired) electrons. The molecule has 0 fully saturated rings. The van der Waals surface area contributed by atoms with E-state index in [1.54, 1.807) is 35.3 Å². The number of nitrogens with one attached hydrogen (secondary N) is 1. The molecule has 29 heavy (non-hydrogen) atoms. The predicted octanol–water partition coefficient (Wildman–Crippen LogP) is 4.10. The zero-order valence-corrected chi connectivity index (χ0v) is 16.2. The first-order valence-electron chi connectivity index (χ1n) is 8.99. The molecule has 2 aromatic heterocycles. The summed E-state index contributed by atoms with van der Waals surface area (Å²) in [5, 5.41) is 8.13. The Balaban J connectivity index is 1.49. The minimum Gasteiger partial charge on any atom is -0.384 e. The van der Waals surface area contributed by atoms with Gasteiger partial charge in [-0.05, 0) is 54.1 Å². The van der Waals surface area contributed by atoms with Crippen LogP contribution in [-0.2, 0) is 6.54 Å². The van der Waals surface area contributed by atoms with Crippen LogP contribution in [0.1, 0.15) is 15.9 Å². The van der Waals surface area contributed by atoms with Gasteiger partial charge in [0.25, 0.3) is 5.91 Å². The van der Waals surface area contributed by atoms with E-state index in [4.69, 9.17) is 17.3 Å². The zero-order chi connectivity index (χ0) is 20.2. The van der Waals surface area contributed by atoms with Crippen molar-refractivity contribution in [3.63, 3.8) is 0 Å². The Hall–Kier alpha value is -3.64. The first-order valence-corrected chi connectivity index (χ1v) is 9.37. The molecule has 2 aromatic carbocycles. The van der Waals surface area contributed by atoms with Crippen LogP contribution in [0.2, 0.25) is 5.02 Å². The number of carbonyl (C=O) groups excluding carboxylic acids is 1. The number of aromatic nitrogens is 3. The molecule has 4 rings (SSSR count). The van der Waals surface area contributed by atoms with Gasteiger partial charge in [0.15, 0.2) is 0 Å². The van der Waals surface area contributed by atoms with Crippen molar-refractivity contribution in [2.75, 3.05) is 5.73 Å². The lowest BCUT2D eigenvalue weighted by Gasteiger charge is -2.07. The topological polar surface area (TPSA) is 85.8 Å². The molecule has 0 unspecified atom stereocenters. The van der Waals surface area contributed by atoms with Gasteiger partial charge in [-0.15, -0.1) is 0 Å². The number of hydrogen-bond acceptors (Lipinski definition) is 4. The normalized spacial score (nSPS) is 10.7. The quantitative estimate of drug-likeness (QED) is 0.525. The summed E-state index contributed by atoms with van der Waals surface area (Å²) in [5.74, 6) is 0.355. The zero-order valence-electron chi connectivity index (χ0n) is 15.4. The van der Waals surface area contributed by atoms with Crippen LogP contribution in [-0.4, -0.2) is 20.7 Å². The number of carbonyl (C=O) groups is 1. The fourth-order valence-electron chi connectivity index (χ4n) is 2.90. The van der Waals surface area contributed by atoms with E-state index in [1.807, 2.05) is 48.5 Å². The fourth-order valence-corrected chi connectivity index (χ4v) is 3.03. The Morgan fingerprint density at radius 3 is 2.38 bits per heavy atom. The van der Waals surface area contributed by atoms with Crippen LogP contribution in [0.3, 0.4) is 0 Å². The number of rotatable bonds is 5. The van der Waals surface area contributed by atoms with Crippen LogP contribution < -0.4 is 11.1 Å². The van der Waals surface area contributed by atoms with E-state index >= 15 is 0 Å². The van der Waals surface area contributed by atoms with Crippen LogP contribution in [0.4, 0.5) is 5.82 Å². The first kappa shape index (κ1) is 18.7. The predicted molar refractivity (Wildman–Crippen MR) is 114 cm³/mol. The highest BCUT2D eigenvalue weighted by Gasteiger charge is 2.11. The molecule has 6 nitrogen and oxygen atoms in total. The van der Waals surface area contributed by atoms with Crippen LogP contribution in [0.5, 0.6) is 0 Å². The van der Waals surface area contributed by atoms with E-state index in [0.29, 0.717) is 22.9 Å².